The van der Waals surface area contributed by atoms with Gasteiger partial charge in [0.25, 0.3) is 5.91 Å². The monoisotopic (exact) mass is 304 g/mol. The van der Waals surface area contributed by atoms with E-state index in [1.54, 1.807) is 30.1 Å². The molecule has 0 aliphatic carbocycles. The van der Waals surface area contributed by atoms with Crippen molar-refractivity contribution >= 4 is 33.2 Å². The molecule has 18 heavy (non-hydrogen) atoms. The van der Waals surface area contributed by atoms with Crippen LogP contribution in [0, 0.1) is 0 Å². The highest BCUT2D eigenvalue weighted by Gasteiger charge is 2.13. The number of carbonyl (C=O) groups excluding carboxylic acids is 1. The van der Waals surface area contributed by atoms with E-state index >= 15 is 0 Å². The Kier molecular flexibility index (Phi) is 3.67. The molecule has 2 N–H and O–H groups in total. The molecular weight excluding hydrogens is 292 g/mol. The summed E-state index contributed by atoms with van der Waals surface area (Å²) >= 11 is 3.31. The lowest BCUT2D eigenvalue weighted by Crippen LogP contribution is -2.26. The number of hydrogen-bond donors (Lipinski definition) is 1. The van der Waals surface area contributed by atoms with Crippen molar-refractivity contribution in [2.75, 3.05) is 17.7 Å². The van der Waals surface area contributed by atoms with E-state index in [0.29, 0.717) is 11.3 Å². The van der Waals surface area contributed by atoms with Gasteiger partial charge >= 0.3 is 0 Å². The van der Waals surface area contributed by atoms with Crippen LogP contribution < -0.4 is 10.6 Å². The number of anilines is 2. The first kappa shape index (κ1) is 12.6. The lowest BCUT2D eigenvalue weighted by molar-refractivity contribution is 0.0993. The van der Waals surface area contributed by atoms with E-state index in [9.17, 15) is 4.79 Å². The zero-order valence-corrected chi connectivity index (χ0v) is 11.5. The van der Waals surface area contributed by atoms with Crippen LogP contribution in [0.3, 0.4) is 0 Å². The molecule has 0 heterocycles. The van der Waals surface area contributed by atoms with Crippen LogP contribution in [0.25, 0.3) is 0 Å². The molecule has 0 aliphatic heterocycles. The molecule has 2 aromatic rings. The topological polar surface area (TPSA) is 46.3 Å². The normalized spacial score (nSPS) is 10.1. The summed E-state index contributed by atoms with van der Waals surface area (Å²) in [6.07, 6.45) is 0. The molecular formula is C14H13BrN2O. The summed E-state index contributed by atoms with van der Waals surface area (Å²) in [5.41, 5.74) is 7.76. The largest absolute Gasteiger partial charge is 0.398 e. The first-order chi connectivity index (χ1) is 8.59. The molecule has 4 heteroatoms. The molecule has 0 bridgehead atoms. The van der Waals surface area contributed by atoms with Crippen LogP contribution in [0.15, 0.2) is 53.0 Å². The van der Waals surface area contributed by atoms with Crippen molar-refractivity contribution in [3.8, 4) is 0 Å². The van der Waals surface area contributed by atoms with Crippen molar-refractivity contribution < 1.29 is 4.79 Å². The summed E-state index contributed by atoms with van der Waals surface area (Å²) < 4.78 is 0.793. The maximum atomic E-state index is 12.3. The van der Waals surface area contributed by atoms with Gasteiger partial charge in [-0.1, -0.05) is 18.2 Å². The fourth-order valence-corrected chi connectivity index (χ4v) is 1.89. The minimum absolute atomic E-state index is 0.0830. The van der Waals surface area contributed by atoms with E-state index in [1.165, 1.54) is 0 Å². The van der Waals surface area contributed by atoms with Crippen LogP contribution in [0.1, 0.15) is 10.4 Å². The van der Waals surface area contributed by atoms with E-state index in [-0.39, 0.29) is 5.91 Å². The minimum Gasteiger partial charge on any atom is -0.398 e. The number of carbonyl (C=O) groups is 1. The van der Waals surface area contributed by atoms with Gasteiger partial charge in [-0.3, -0.25) is 4.79 Å². The van der Waals surface area contributed by atoms with Gasteiger partial charge in [-0.25, -0.2) is 0 Å². The van der Waals surface area contributed by atoms with Gasteiger partial charge in [-0.05, 0) is 46.3 Å². The number of nitrogens with two attached hydrogens (primary N) is 1. The van der Waals surface area contributed by atoms with Gasteiger partial charge in [0, 0.05) is 28.5 Å². The van der Waals surface area contributed by atoms with Gasteiger partial charge in [0.1, 0.15) is 0 Å². The highest BCUT2D eigenvalue weighted by molar-refractivity contribution is 9.10. The van der Waals surface area contributed by atoms with E-state index in [0.717, 1.165) is 10.2 Å². The van der Waals surface area contributed by atoms with Crippen LogP contribution in [-0.4, -0.2) is 13.0 Å². The molecule has 0 radical (unpaired) electrons. The van der Waals surface area contributed by atoms with E-state index in [1.807, 2.05) is 30.3 Å². The van der Waals surface area contributed by atoms with E-state index < -0.39 is 0 Å². The van der Waals surface area contributed by atoms with Gasteiger partial charge in [0.05, 0.1) is 0 Å². The molecule has 1 amide bonds. The lowest BCUT2D eigenvalue weighted by atomic mass is 10.1. The fraction of sp³-hybridized carbons (Fsp3) is 0.0714. The van der Waals surface area contributed by atoms with Crippen LogP contribution in [0.5, 0.6) is 0 Å². The van der Waals surface area contributed by atoms with Gasteiger partial charge < -0.3 is 10.6 Å². The number of nitrogens with zero attached hydrogens (tertiary/aromatic N) is 1. The van der Waals surface area contributed by atoms with Crippen molar-refractivity contribution in [3.05, 3.63) is 58.6 Å². The third kappa shape index (κ3) is 2.54. The highest BCUT2D eigenvalue weighted by atomic mass is 79.9. The number of rotatable bonds is 2. The molecule has 0 saturated heterocycles. The van der Waals surface area contributed by atoms with Crippen molar-refractivity contribution in [2.24, 2.45) is 0 Å². The van der Waals surface area contributed by atoms with Gasteiger partial charge in [-0.2, -0.15) is 0 Å². The molecule has 2 rings (SSSR count). The third-order valence-corrected chi connectivity index (χ3v) is 3.41. The Hall–Kier alpha value is -1.81. The molecule has 0 unspecified atom stereocenters. The van der Waals surface area contributed by atoms with Crippen molar-refractivity contribution in [1.29, 1.82) is 0 Å². The van der Waals surface area contributed by atoms with Crippen LogP contribution in [-0.2, 0) is 0 Å². The second kappa shape index (κ2) is 5.23. The van der Waals surface area contributed by atoms with Gasteiger partial charge in [0.2, 0.25) is 0 Å². The molecule has 0 spiro atoms. The van der Waals surface area contributed by atoms with E-state index in [2.05, 4.69) is 15.9 Å². The van der Waals surface area contributed by atoms with Crippen LogP contribution >= 0.6 is 15.9 Å². The van der Waals surface area contributed by atoms with Gasteiger partial charge in [0.15, 0.2) is 0 Å². The third-order valence-electron chi connectivity index (χ3n) is 2.69. The molecule has 3 nitrogen and oxygen atoms in total. The van der Waals surface area contributed by atoms with Crippen LogP contribution in [0.4, 0.5) is 11.4 Å². The summed E-state index contributed by atoms with van der Waals surface area (Å²) in [7, 11) is 1.75. The number of benzene rings is 2. The number of para-hydroxylation sites is 1. The Morgan fingerprint density at radius 2 is 1.83 bits per heavy atom. The standard InChI is InChI=1S/C14H13BrN2O/c1-17(11-5-3-2-4-6-11)14(18)10-7-8-12(15)13(16)9-10/h2-9H,16H2,1H3. The van der Waals surface area contributed by atoms with Crippen molar-refractivity contribution in [3.63, 3.8) is 0 Å². The molecule has 0 saturated carbocycles. The second-order valence-electron chi connectivity index (χ2n) is 3.94. The molecule has 0 aliphatic rings. The van der Waals surface area contributed by atoms with Crippen molar-refractivity contribution in [1.82, 2.24) is 0 Å². The second-order valence-corrected chi connectivity index (χ2v) is 4.79. The Morgan fingerprint density at radius 3 is 2.44 bits per heavy atom. The fourth-order valence-electron chi connectivity index (χ4n) is 1.64. The predicted molar refractivity (Wildman–Crippen MR) is 77.7 cm³/mol. The SMILES string of the molecule is CN(C(=O)c1ccc(Br)c(N)c1)c1ccccc1. The summed E-state index contributed by atoms with van der Waals surface area (Å²) in [6, 6.07) is 14.7. The number of amides is 1. The smallest absolute Gasteiger partial charge is 0.258 e. The first-order valence-electron chi connectivity index (χ1n) is 5.47. The van der Waals surface area contributed by atoms with Gasteiger partial charge in [-0.15, -0.1) is 0 Å². The lowest BCUT2D eigenvalue weighted by Gasteiger charge is -2.17. The Morgan fingerprint density at radius 1 is 1.17 bits per heavy atom. The maximum absolute atomic E-state index is 12.3. The first-order valence-corrected chi connectivity index (χ1v) is 6.27. The quantitative estimate of drug-likeness (QED) is 0.865. The zero-order valence-electron chi connectivity index (χ0n) is 9.93. The summed E-state index contributed by atoms with van der Waals surface area (Å²) in [5, 5.41) is 0. The summed E-state index contributed by atoms with van der Waals surface area (Å²) in [5.74, 6) is -0.0830. The Bertz CT molecular complexity index is 569. The maximum Gasteiger partial charge on any atom is 0.258 e. The zero-order chi connectivity index (χ0) is 13.1. The molecule has 0 fully saturated rings. The summed E-state index contributed by atoms with van der Waals surface area (Å²) in [4.78, 5) is 13.9. The predicted octanol–water partition coefficient (Wildman–Crippen LogP) is 3.31. The number of hydrogen-bond acceptors (Lipinski definition) is 2. The van der Waals surface area contributed by atoms with E-state index in [4.69, 9.17) is 5.73 Å². The molecule has 2 aromatic carbocycles. The van der Waals surface area contributed by atoms with Crippen LogP contribution in [0.2, 0.25) is 0 Å². The number of nitrogen functional groups attached to an aromatic ring is 1. The van der Waals surface area contributed by atoms with Crippen molar-refractivity contribution in [2.45, 2.75) is 0 Å². The average molecular weight is 305 g/mol. The summed E-state index contributed by atoms with van der Waals surface area (Å²) in [6.45, 7) is 0. The average Bonchev–Trinajstić information content (AvgIpc) is 2.41. The molecule has 92 valence electrons. The molecule has 0 aromatic heterocycles. The number of halogens is 1. The highest BCUT2D eigenvalue weighted by Crippen LogP contribution is 2.22. The Labute approximate surface area is 114 Å². The Balaban J connectivity index is 2.29. The molecule has 0 atom stereocenters. The minimum atomic E-state index is -0.0830.